The van der Waals surface area contributed by atoms with Gasteiger partial charge in [0.1, 0.15) is 12.5 Å². The number of para-hydroxylation sites is 1. The molecule has 0 radical (unpaired) electrons. The van der Waals surface area contributed by atoms with Crippen molar-refractivity contribution in [3.63, 3.8) is 0 Å². The molecule has 2 rings (SSSR count). The van der Waals surface area contributed by atoms with Crippen LogP contribution in [0, 0.1) is 0 Å². The summed E-state index contributed by atoms with van der Waals surface area (Å²) in [6.45, 7) is 7.02. The number of methoxy groups -OCH3 is 1. The van der Waals surface area contributed by atoms with E-state index in [1.807, 2.05) is 30.3 Å². The van der Waals surface area contributed by atoms with Gasteiger partial charge in [0.2, 0.25) is 5.12 Å². The van der Waals surface area contributed by atoms with Crippen LogP contribution in [0.5, 0.6) is 5.75 Å². The summed E-state index contributed by atoms with van der Waals surface area (Å²) < 4.78 is 19.5. The Morgan fingerprint density at radius 3 is 2.62 bits per heavy atom. The fourth-order valence-electron chi connectivity index (χ4n) is 4.54. The number of hydrogen-bond acceptors (Lipinski definition) is 6. The molecule has 5 nitrogen and oxygen atoms in total. The molecular weight excluding hydrogens is 438 g/mol. The Kier molecular flexibility index (Phi) is 13.6. The van der Waals surface area contributed by atoms with Gasteiger partial charge in [-0.3, -0.25) is 4.79 Å². The Hall–Kier alpha value is -0.863. The van der Waals surface area contributed by atoms with E-state index in [1.54, 1.807) is 18.3 Å². The van der Waals surface area contributed by atoms with E-state index < -0.39 is 7.38 Å². The first-order valence-corrected chi connectivity index (χ1v) is 16.3. The molecule has 0 N–H and O–H groups in total. The second-order valence-corrected chi connectivity index (χ2v) is 15.7. The first-order valence-electron chi connectivity index (χ1n) is 12.4. The molecule has 1 saturated heterocycles. The van der Waals surface area contributed by atoms with Crippen molar-refractivity contribution in [2.75, 3.05) is 33.6 Å². The van der Waals surface area contributed by atoms with Crippen LogP contribution in [0.4, 0.5) is 0 Å². The van der Waals surface area contributed by atoms with Gasteiger partial charge in [-0.2, -0.15) is 0 Å². The minimum Gasteiger partial charge on any atom is -0.485 e. The van der Waals surface area contributed by atoms with Crippen LogP contribution in [0.2, 0.25) is 12.1 Å². The number of hydrogen-bond donors (Lipinski definition) is 0. The molecule has 0 amide bonds. The van der Waals surface area contributed by atoms with E-state index in [1.165, 1.54) is 38.1 Å². The summed E-state index contributed by atoms with van der Waals surface area (Å²) in [5.41, 5.74) is 0. The van der Waals surface area contributed by atoms with E-state index in [0.717, 1.165) is 44.1 Å². The summed E-state index contributed by atoms with van der Waals surface area (Å²) in [6, 6.07) is 12.0. The summed E-state index contributed by atoms with van der Waals surface area (Å²) in [6.07, 6.45) is 9.81. The van der Waals surface area contributed by atoms with E-state index in [-0.39, 0.29) is 17.8 Å². The number of rotatable bonds is 14. The van der Waals surface area contributed by atoms with Gasteiger partial charge in [-0.05, 0) is 50.2 Å². The van der Waals surface area contributed by atoms with Crippen molar-refractivity contribution in [1.82, 2.24) is 4.57 Å². The molecule has 182 valence electrons. The molecule has 2 unspecified atom stereocenters. The first-order chi connectivity index (χ1) is 15.6. The van der Waals surface area contributed by atoms with Crippen molar-refractivity contribution < 1.29 is 19.0 Å². The smallest absolute Gasteiger partial charge is 0.222 e. The summed E-state index contributed by atoms with van der Waals surface area (Å²) >= 11 is 1.66. The van der Waals surface area contributed by atoms with Crippen molar-refractivity contribution in [1.29, 1.82) is 0 Å². The number of carbonyl (C=O) groups is 1. The number of carbonyl (C=O) groups excluding carboxylic acids is 1. The second kappa shape index (κ2) is 15.9. The Morgan fingerprint density at radius 2 is 1.91 bits per heavy atom. The molecule has 7 heteroatoms. The lowest BCUT2D eigenvalue weighted by atomic mass is 10.1. The standard InChI is InChI=1S/C25H43NO4SSi/c1-4-6-7-8-12-19-32(31-25(27)21-29-23-14-10-9-11-15-23)20-13-16-24(30-22-28-3)17-18-26(32)5-2/h9-11,14-15,24H,4-8,12-13,16-22H2,1-3H3. The zero-order valence-electron chi connectivity index (χ0n) is 20.4. The van der Waals surface area contributed by atoms with Gasteiger partial charge >= 0.3 is 0 Å². The molecule has 1 aromatic carbocycles. The predicted octanol–water partition coefficient (Wildman–Crippen LogP) is 6.23. The molecule has 0 aliphatic carbocycles. The van der Waals surface area contributed by atoms with E-state index in [0.29, 0.717) is 6.79 Å². The molecule has 1 aliphatic heterocycles. The average molecular weight is 482 g/mol. The molecular formula is C25H43NO4SSi. The van der Waals surface area contributed by atoms with Crippen molar-refractivity contribution in [3.05, 3.63) is 30.3 Å². The van der Waals surface area contributed by atoms with Gasteiger partial charge in [-0.25, -0.2) is 0 Å². The minimum atomic E-state index is -1.98. The zero-order valence-corrected chi connectivity index (χ0v) is 22.2. The normalized spacial score (nSPS) is 22.3. The van der Waals surface area contributed by atoms with Gasteiger partial charge < -0.3 is 18.8 Å². The molecule has 1 heterocycles. The lowest BCUT2D eigenvalue weighted by Gasteiger charge is -2.43. The lowest BCUT2D eigenvalue weighted by Crippen LogP contribution is -2.54. The van der Waals surface area contributed by atoms with E-state index in [4.69, 9.17) is 14.2 Å². The Labute approximate surface area is 200 Å². The Morgan fingerprint density at radius 1 is 1.12 bits per heavy atom. The largest absolute Gasteiger partial charge is 0.485 e. The van der Waals surface area contributed by atoms with E-state index >= 15 is 0 Å². The van der Waals surface area contributed by atoms with Crippen LogP contribution in [0.3, 0.4) is 0 Å². The van der Waals surface area contributed by atoms with Crippen molar-refractivity contribution in [2.45, 2.75) is 83.4 Å². The Bertz CT molecular complexity index is 636. The van der Waals surface area contributed by atoms with Crippen LogP contribution in [0.1, 0.15) is 65.2 Å². The minimum absolute atomic E-state index is 0.149. The van der Waals surface area contributed by atoms with Gasteiger partial charge in [0.15, 0.2) is 14.0 Å². The second-order valence-electron chi connectivity index (χ2n) is 8.64. The monoisotopic (exact) mass is 481 g/mol. The highest BCUT2D eigenvalue weighted by Crippen LogP contribution is 2.39. The maximum Gasteiger partial charge on any atom is 0.222 e. The van der Waals surface area contributed by atoms with Crippen LogP contribution < -0.4 is 4.74 Å². The molecule has 32 heavy (non-hydrogen) atoms. The molecule has 0 aromatic heterocycles. The van der Waals surface area contributed by atoms with Gasteiger partial charge in [-0.15, -0.1) is 0 Å². The van der Waals surface area contributed by atoms with E-state index in [2.05, 4.69) is 18.4 Å². The summed E-state index contributed by atoms with van der Waals surface area (Å²) in [5, 5.41) is 0.181. The highest BCUT2D eigenvalue weighted by atomic mass is 32.4. The molecule has 1 aromatic rings. The summed E-state index contributed by atoms with van der Waals surface area (Å²) in [4.78, 5) is 13.1. The first kappa shape index (κ1) is 27.4. The third-order valence-electron chi connectivity index (χ3n) is 6.27. The third-order valence-corrected chi connectivity index (χ3v) is 14.8. The summed E-state index contributed by atoms with van der Waals surface area (Å²) in [7, 11) is -0.305. The van der Waals surface area contributed by atoms with Crippen LogP contribution in [0.25, 0.3) is 0 Å². The van der Waals surface area contributed by atoms with Gasteiger partial charge in [0.25, 0.3) is 0 Å². The average Bonchev–Trinajstić information content (AvgIpc) is 2.80. The van der Waals surface area contributed by atoms with Crippen molar-refractivity contribution >= 4 is 23.7 Å². The molecule has 2 atom stereocenters. The SMILES string of the molecule is CCCCCCC[Si]1(SC(=O)COc2ccccc2)CCCC(OCOC)CCN1CC. The molecule has 0 bridgehead atoms. The lowest BCUT2D eigenvalue weighted by molar-refractivity contribution is -0.112. The number of unbranched alkanes of at least 4 members (excludes halogenated alkanes) is 4. The predicted molar refractivity (Wildman–Crippen MR) is 137 cm³/mol. The molecule has 0 spiro atoms. The maximum absolute atomic E-state index is 13.1. The van der Waals surface area contributed by atoms with Crippen LogP contribution in [0.15, 0.2) is 30.3 Å². The molecule has 1 fully saturated rings. The van der Waals surface area contributed by atoms with Gasteiger partial charge in [-0.1, -0.05) is 81.8 Å². The van der Waals surface area contributed by atoms with Crippen LogP contribution in [-0.4, -0.2) is 56.8 Å². The van der Waals surface area contributed by atoms with Gasteiger partial charge in [0.05, 0.1) is 6.10 Å². The number of benzene rings is 1. The number of nitrogens with zero attached hydrogens (tertiary/aromatic N) is 1. The fraction of sp³-hybridized carbons (Fsp3) is 0.720. The fourth-order valence-corrected chi connectivity index (χ4v) is 12.9. The van der Waals surface area contributed by atoms with Crippen LogP contribution >= 0.6 is 11.2 Å². The van der Waals surface area contributed by atoms with Crippen LogP contribution in [-0.2, 0) is 14.3 Å². The molecule has 1 aliphatic rings. The topological polar surface area (TPSA) is 48.0 Å². The van der Waals surface area contributed by atoms with E-state index in [9.17, 15) is 4.79 Å². The maximum atomic E-state index is 13.1. The molecule has 0 saturated carbocycles. The summed E-state index contributed by atoms with van der Waals surface area (Å²) in [5.74, 6) is 0.764. The van der Waals surface area contributed by atoms with Gasteiger partial charge in [0, 0.05) is 7.11 Å². The third kappa shape index (κ3) is 9.55. The zero-order chi connectivity index (χ0) is 23.1. The Balaban J connectivity index is 2.04. The van der Waals surface area contributed by atoms with Crippen molar-refractivity contribution in [3.8, 4) is 5.75 Å². The van der Waals surface area contributed by atoms with Crippen molar-refractivity contribution in [2.24, 2.45) is 0 Å². The highest BCUT2D eigenvalue weighted by Gasteiger charge is 2.42. The number of ether oxygens (including phenoxy) is 3. The quantitative estimate of drug-likeness (QED) is 0.178. The highest BCUT2D eigenvalue weighted by molar-refractivity contribution is 8.39.